The molecule has 1 aromatic heterocycles. The summed E-state index contributed by atoms with van der Waals surface area (Å²) in [5, 5.41) is 27.0. The average Bonchev–Trinajstić information content (AvgIpc) is 3.13. The molecule has 0 bridgehead atoms. The van der Waals surface area contributed by atoms with Crippen LogP contribution in [-0.2, 0) is 11.8 Å². The zero-order chi connectivity index (χ0) is 26.9. The summed E-state index contributed by atoms with van der Waals surface area (Å²) < 4.78 is 15.6. The average molecular weight is 514 g/mol. The number of hydrogen-bond acceptors (Lipinski definition) is 4. The molecular formula is C29H40FN3O4. The number of aromatic nitrogens is 1. The molecule has 2 aliphatic rings. The van der Waals surface area contributed by atoms with E-state index in [0.717, 1.165) is 37.8 Å². The molecule has 8 heteroatoms. The number of anilines is 1. The largest absolute Gasteiger partial charge is 0.393 e. The van der Waals surface area contributed by atoms with Crippen LogP contribution in [0.1, 0.15) is 110 Å². The van der Waals surface area contributed by atoms with Crippen LogP contribution in [0.25, 0.3) is 0 Å². The third kappa shape index (κ3) is 5.75. The number of hydrogen-bond donors (Lipinski definition) is 4. The van der Waals surface area contributed by atoms with Crippen LogP contribution in [0.3, 0.4) is 0 Å². The van der Waals surface area contributed by atoms with Gasteiger partial charge in [-0.25, -0.2) is 4.39 Å². The van der Waals surface area contributed by atoms with Gasteiger partial charge >= 0.3 is 0 Å². The van der Waals surface area contributed by atoms with Gasteiger partial charge in [-0.1, -0.05) is 19.3 Å². The van der Waals surface area contributed by atoms with Gasteiger partial charge in [-0.3, -0.25) is 9.59 Å². The minimum Gasteiger partial charge on any atom is -0.393 e. The van der Waals surface area contributed by atoms with Gasteiger partial charge in [0, 0.05) is 24.0 Å². The summed E-state index contributed by atoms with van der Waals surface area (Å²) >= 11 is 0. The van der Waals surface area contributed by atoms with E-state index >= 15 is 0 Å². The van der Waals surface area contributed by atoms with Crippen LogP contribution in [0.4, 0.5) is 10.1 Å². The van der Waals surface area contributed by atoms with Gasteiger partial charge in [-0.2, -0.15) is 0 Å². The number of halogens is 1. The predicted octanol–water partition coefficient (Wildman–Crippen LogP) is 4.92. The molecule has 2 amide bonds. The van der Waals surface area contributed by atoms with Crippen molar-refractivity contribution < 1.29 is 24.2 Å². The van der Waals surface area contributed by atoms with E-state index in [9.17, 15) is 24.2 Å². The van der Waals surface area contributed by atoms with E-state index in [0.29, 0.717) is 53.8 Å². The Morgan fingerprint density at radius 3 is 2.38 bits per heavy atom. The van der Waals surface area contributed by atoms with Gasteiger partial charge in [-0.15, -0.1) is 0 Å². The van der Waals surface area contributed by atoms with Gasteiger partial charge in [-0.05, 0) is 94.5 Å². The molecule has 1 heterocycles. The number of amides is 2. The van der Waals surface area contributed by atoms with Crippen molar-refractivity contribution in [3.8, 4) is 0 Å². The second-order valence-electron chi connectivity index (χ2n) is 11.3. The van der Waals surface area contributed by atoms with Crippen molar-refractivity contribution in [1.82, 2.24) is 9.88 Å². The molecule has 2 saturated carbocycles. The van der Waals surface area contributed by atoms with Crippen molar-refractivity contribution in [1.29, 1.82) is 0 Å². The highest BCUT2D eigenvalue weighted by Gasteiger charge is 2.37. The minimum atomic E-state index is -1.44. The molecule has 0 aliphatic heterocycles. The van der Waals surface area contributed by atoms with Crippen LogP contribution < -0.4 is 10.6 Å². The van der Waals surface area contributed by atoms with Crippen LogP contribution in [0, 0.1) is 19.7 Å². The molecule has 4 N–H and O–H groups in total. The predicted molar refractivity (Wildman–Crippen MR) is 141 cm³/mol. The second kappa shape index (κ2) is 11.0. The number of aliphatic hydroxyl groups is 2. The van der Waals surface area contributed by atoms with Gasteiger partial charge < -0.3 is 25.4 Å². The molecule has 7 nitrogen and oxygen atoms in total. The molecule has 37 heavy (non-hydrogen) atoms. The van der Waals surface area contributed by atoms with E-state index in [1.807, 2.05) is 18.5 Å². The molecule has 2 fully saturated rings. The Hall–Kier alpha value is -2.71. The number of rotatable bonds is 6. The van der Waals surface area contributed by atoms with Crippen LogP contribution >= 0.6 is 0 Å². The summed E-state index contributed by atoms with van der Waals surface area (Å²) in [6.45, 7) is 5.37. The summed E-state index contributed by atoms with van der Waals surface area (Å²) in [4.78, 5) is 26.9. The lowest BCUT2D eigenvalue weighted by Gasteiger charge is -2.37. The normalized spacial score (nSPS) is 23.5. The summed E-state index contributed by atoms with van der Waals surface area (Å²) in [5.74, 6) is -1.02. The number of benzene rings is 1. The first-order valence-corrected chi connectivity index (χ1v) is 13.5. The lowest BCUT2D eigenvalue weighted by Crippen LogP contribution is -2.50. The molecule has 1 aromatic carbocycles. The molecule has 1 atom stereocenters. The van der Waals surface area contributed by atoms with Crippen LogP contribution in [0.2, 0.25) is 0 Å². The summed E-state index contributed by atoms with van der Waals surface area (Å²) in [7, 11) is 1.82. The molecule has 0 radical (unpaired) electrons. The van der Waals surface area contributed by atoms with E-state index in [1.165, 1.54) is 12.1 Å². The van der Waals surface area contributed by atoms with Gasteiger partial charge in [0.1, 0.15) is 5.82 Å². The number of carbonyl (C=O) groups is 2. The maximum atomic E-state index is 13.8. The first-order valence-electron chi connectivity index (χ1n) is 13.5. The van der Waals surface area contributed by atoms with E-state index in [2.05, 4.69) is 10.6 Å². The van der Waals surface area contributed by atoms with Gasteiger partial charge in [0.2, 0.25) is 0 Å². The highest BCUT2D eigenvalue weighted by molar-refractivity contribution is 6.07. The maximum Gasteiger partial charge on any atom is 0.257 e. The molecule has 0 spiro atoms. The van der Waals surface area contributed by atoms with Crippen molar-refractivity contribution >= 4 is 17.5 Å². The van der Waals surface area contributed by atoms with E-state index in [4.69, 9.17) is 0 Å². The lowest BCUT2D eigenvalue weighted by atomic mass is 9.81. The molecule has 2 aliphatic carbocycles. The SMILES string of the molecule is Cc1cc(NC(=O)c2c(C)c(C(O)C(=O)NC3(C)CCC(O)CC3)n(C)c2C2CCCCC2)ccc1F. The summed E-state index contributed by atoms with van der Waals surface area (Å²) in [5.41, 5.74) is 2.74. The van der Waals surface area contributed by atoms with Gasteiger partial charge in [0.25, 0.3) is 11.8 Å². The topological polar surface area (TPSA) is 104 Å². The Balaban J connectivity index is 1.67. The standard InChI is InChI=1S/C29H40FN3O4/c1-17-16-20(10-11-22(17)30)31-27(36)23-18(2)24(33(4)25(23)19-8-6-5-7-9-19)26(35)28(37)32-29(3)14-12-21(34)13-15-29/h10-11,16,19,21,26,34-35H,5-9,12-15H2,1-4H3,(H,31,36)(H,32,37). The smallest absolute Gasteiger partial charge is 0.257 e. The van der Waals surface area contributed by atoms with Crippen molar-refractivity contribution in [2.45, 2.75) is 102 Å². The number of aryl methyl sites for hydroxylation is 1. The number of carbonyl (C=O) groups excluding carboxylic acids is 2. The Labute approximate surface area is 218 Å². The number of aliphatic hydroxyl groups excluding tert-OH is 2. The summed E-state index contributed by atoms with van der Waals surface area (Å²) in [6, 6.07) is 4.45. The highest BCUT2D eigenvalue weighted by Crippen LogP contribution is 2.39. The van der Waals surface area contributed by atoms with Crippen LogP contribution in [-0.4, -0.2) is 38.2 Å². The number of nitrogens with one attached hydrogen (secondary N) is 2. The lowest BCUT2D eigenvalue weighted by molar-refractivity contribution is -0.132. The monoisotopic (exact) mass is 513 g/mol. The van der Waals surface area contributed by atoms with Crippen molar-refractivity contribution in [2.24, 2.45) is 7.05 Å². The Kier molecular flexibility index (Phi) is 8.09. The van der Waals surface area contributed by atoms with Crippen molar-refractivity contribution in [2.75, 3.05) is 5.32 Å². The fourth-order valence-electron chi connectivity index (χ4n) is 6.17. The molecule has 4 rings (SSSR count). The van der Waals surface area contributed by atoms with E-state index < -0.39 is 17.6 Å². The van der Waals surface area contributed by atoms with Crippen LogP contribution in [0.15, 0.2) is 18.2 Å². The molecule has 2 aromatic rings. The Morgan fingerprint density at radius 2 is 1.76 bits per heavy atom. The quantitative estimate of drug-likeness (QED) is 0.440. The van der Waals surface area contributed by atoms with Gasteiger partial charge in [0.05, 0.1) is 17.4 Å². The first kappa shape index (κ1) is 27.3. The highest BCUT2D eigenvalue weighted by atomic mass is 19.1. The third-order valence-corrected chi connectivity index (χ3v) is 8.36. The molecular weight excluding hydrogens is 473 g/mol. The zero-order valence-electron chi connectivity index (χ0n) is 22.4. The van der Waals surface area contributed by atoms with Crippen LogP contribution in [0.5, 0.6) is 0 Å². The van der Waals surface area contributed by atoms with Gasteiger partial charge in [0.15, 0.2) is 6.10 Å². The fourth-order valence-corrected chi connectivity index (χ4v) is 6.17. The summed E-state index contributed by atoms with van der Waals surface area (Å²) in [6.07, 6.45) is 5.86. The van der Waals surface area contributed by atoms with Crippen molar-refractivity contribution in [3.63, 3.8) is 0 Å². The Bertz CT molecular complexity index is 1160. The Morgan fingerprint density at radius 1 is 1.11 bits per heavy atom. The third-order valence-electron chi connectivity index (χ3n) is 8.36. The fraction of sp³-hybridized carbons (Fsp3) is 0.586. The maximum absolute atomic E-state index is 13.8. The zero-order valence-corrected chi connectivity index (χ0v) is 22.4. The minimum absolute atomic E-state index is 0.148. The molecule has 1 unspecified atom stereocenters. The second-order valence-corrected chi connectivity index (χ2v) is 11.3. The molecule has 0 saturated heterocycles. The first-order chi connectivity index (χ1) is 17.5. The van der Waals surface area contributed by atoms with E-state index in [-0.39, 0.29) is 23.7 Å². The molecule has 202 valence electrons. The number of nitrogens with zero attached hydrogens (tertiary/aromatic N) is 1. The van der Waals surface area contributed by atoms with E-state index in [1.54, 1.807) is 19.9 Å². The van der Waals surface area contributed by atoms with Crippen molar-refractivity contribution in [3.05, 3.63) is 52.1 Å².